The number of halogens is 6. The van der Waals surface area contributed by atoms with E-state index in [0.717, 1.165) is 92.9 Å². The summed E-state index contributed by atoms with van der Waals surface area (Å²) in [6.45, 7) is 9.54. The van der Waals surface area contributed by atoms with Crippen molar-refractivity contribution in [1.82, 2.24) is 29.4 Å². The molecule has 3 N–H and O–H groups in total. The molecule has 13 nitrogen and oxygen atoms in total. The zero-order valence-corrected chi connectivity index (χ0v) is 37.0. The highest BCUT2D eigenvalue weighted by molar-refractivity contribution is 9.11. The third-order valence-corrected chi connectivity index (χ3v) is 11.2. The van der Waals surface area contributed by atoms with Crippen LogP contribution in [0, 0.1) is 5.82 Å². The van der Waals surface area contributed by atoms with Crippen LogP contribution in [0.2, 0.25) is 0 Å². The van der Waals surface area contributed by atoms with E-state index in [1.807, 2.05) is 29.9 Å². The molecule has 0 radical (unpaired) electrons. The van der Waals surface area contributed by atoms with Gasteiger partial charge in [0.05, 0.1) is 51.5 Å². The van der Waals surface area contributed by atoms with Gasteiger partial charge in [-0.15, -0.1) is 0 Å². The maximum Gasteiger partial charge on any atom is 0.419 e. The Morgan fingerprint density at radius 2 is 1.31 bits per heavy atom. The first-order chi connectivity index (χ1) is 29.3. The van der Waals surface area contributed by atoms with Gasteiger partial charge in [-0.3, -0.25) is 24.0 Å². The first-order valence-electron chi connectivity index (χ1n) is 19.7. The summed E-state index contributed by atoms with van der Waals surface area (Å²) in [5.74, 6) is -0.882. The normalized spacial score (nSPS) is 15.3. The number of hydrogen-bond donors (Lipinski definition) is 2. The van der Waals surface area contributed by atoms with E-state index in [0.29, 0.717) is 71.4 Å². The first-order valence-corrected chi connectivity index (χ1v) is 21.3. The second kappa shape index (κ2) is 21.5. The molecule has 2 aliphatic heterocycles. The average Bonchev–Trinajstić information content (AvgIpc) is 3.47. The minimum atomic E-state index is -4.85. The highest BCUT2D eigenvalue weighted by Crippen LogP contribution is 2.38. The van der Waals surface area contributed by atoms with E-state index >= 15 is 0 Å². The van der Waals surface area contributed by atoms with Gasteiger partial charge in [0.1, 0.15) is 30.5 Å². The molecule has 328 valence electrons. The van der Waals surface area contributed by atoms with Crippen molar-refractivity contribution in [2.75, 3.05) is 90.0 Å². The molecule has 2 aromatic heterocycles. The summed E-state index contributed by atoms with van der Waals surface area (Å²) < 4.78 is 80.8. The lowest BCUT2D eigenvalue weighted by Gasteiger charge is -2.20. The molecular formula is C42H48Br2F4N8O5. The Bertz CT molecular complexity index is 2200. The van der Waals surface area contributed by atoms with Crippen LogP contribution in [0.1, 0.15) is 28.8 Å². The van der Waals surface area contributed by atoms with Gasteiger partial charge >= 0.3 is 6.18 Å². The molecule has 3 aromatic carbocycles. The Kier molecular flexibility index (Phi) is 16.2. The molecule has 0 bridgehead atoms. The van der Waals surface area contributed by atoms with Crippen molar-refractivity contribution in [3.63, 3.8) is 0 Å². The van der Waals surface area contributed by atoms with Crippen LogP contribution in [0.25, 0.3) is 22.5 Å². The maximum atomic E-state index is 14.0. The van der Waals surface area contributed by atoms with E-state index in [1.165, 1.54) is 0 Å². The number of carbonyl (C=O) groups excluding carboxylic acids is 1. The zero-order valence-electron chi connectivity index (χ0n) is 33.8. The van der Waals surface area contributed by atoms with E-state index in [4.69, 9.17) is 24.7 Å². The van der Waals surface area contributed by atoms with Crippen LogP contribution in [-0.4, -0.2) is 114 Å². The molecule has 0 aliphatic carbocycles. The van der Waals surface area contributed by atoms with Crippen molar-refractivity contribution >= 4 is 49.1 Å². The number of carbonyl (C=O) groups is 1. The van der Waals surface area contributed by atoms with Gasteiger partial charge in [-0.25, -0.2) is 4.39 Å². The lowest BCUT2D eigenvalue weighted by molar-refractivity contribution is -0.140. The van der Waals surface area contributed by atoms with Crippen molar-refractivity contribution in [2.45, 2.75) is 19.0 Å². The van der Waals surface area contributed by atoms with E-state index in [9.17, 15) is 22.4 Å². The fraction of sp³-hybridized carbons (Fsp3) is 0.405. The molecule has 2 aliphatic rings. The van der Waals surface area contributed by atoms with Crippen LogP contribution in [0.4, 0.5) is 28.9 Å². The van der Waals surface area contributed by atoms with Crippen molar-refractivity contribution < 1.29 is 41.3 Å². The fourth-order valence-electron chi connectivity index (χ4n) is 6.91. The molecule has 19 heteroatoms. The Balaban J connectivity index is 0.000000223. The van der Waals surface area contributed by atoms with Crippen LogP contribution in [0.5, 0.6) is 11.5 Å². The first kappa shape index (κ1) is 46.0. The minimum Gasteiger partial charge on any atom is -0.492 e. The zero-order chi connectivity index (χ0) is 43.5. The van der Waals surface area contributed by atoms with Gasteiger partial charge in [0, 0.05) is 94.6 Å². The number of rotatable bonds is 12. The topological polar surface area (TPSA) is 134 Å². The summed E-state index contributed by atoms with van der Waals surface area (Å²) in [5, 5.41) is 11.1. The molecule has 61 heavy (non-hydrogen) atoms. The number of anilines is 2. The molecule has 2 fully saturated rings. The third kappa shape index (κ3) is 12.5. The summed E-state index contributed by atoms with van der Waals surface area (Å²) in [6, 6.07) is 12.8. The molecule has 0 spiro atoms. The number of nitrogen functional groups attached to an aromatic ring is 1. The molecule has 4 heterocycles. The van der Waals surface area contributed by atoms with Crippen LogP contribution in [-0.2, 0) is 29.7 Å². The van der Waals surface area contributed by atoms with Crippen molar-refractivity contribution in [2.24, 2.45) is 14.1 Å². The van der Waals surface area contributed by atoms with Gasteiger partial charge in [0.15, 0.2) is 0 Å². The highest BCUT2D eigenvalue weighted by Gasteiger charge is 2.34. The van der Waals surface area contributed by atoms with Crippen molar-refractivity contribution in [3.8, 4) is 34.0 Å². The van der Waals surface area contributed by atoms with Gasteiger partial charge in [-0.05, 0) is 99.3 Å². The Morgan fingerprint density at radius 1 is 0.770 bits per heavy atom. The minimum absolute atomic E-state index is 0.240. The van der Waals surface area contributed by atoms with Crippen LogP contribution in [0.15, 0.2) is 75.9 Å². The number of nitrogens with two attached hydrogens (primary N) is 1. The molecular weight excluding hydrogens is 932 g/mol. The second-order valence-corrected chi connectivity index (χ2v) is 16.1. The molecule has 0 saturated carbocycles. The van der Waals surface area contributed by atoms with Gasteiger partial charge in [-0.2, -0.15) is 23.4 Å². The SMILES string of the molecule is Cn1ncc(Br)c1-c1cc(N)ccc1OCCN1CCCOCC1.Cn1ncc(Br)c1-c1cc(NC(=O)c2ccc(C(F)(F)F)c(F)c2)ccc1OCCN1CCCOCC1. The van der Waals surface area contributed by atoms with Gasteiger partial charge < -0.3 is 30.0 Å². The number of ether oxygens (including phenoxy) is 4. The highest BCUT2D eigenvalue weighted by atomic mass is 79.9. The largest absolute Gasteiger partial charge is 0.492 e. The molecule has 0 atom stereocenters. The number of aryl methyl sites for hydroxylation is 2. The standard InChI is InChI=1S/C25H25BrF4N4O3.C17H23BrN4O2/c1-33-23(20(26)15-31-33)18-14-17(4-6-22(18)37-12-9-34-7-2-10-36-11-8-34)32-24(35)16-3-5-19(21(27)13-16)25(28,29)30;1-21-17(15(18)12-20-21)14-11-13(19)3-4-16(14)24-10-7-22-5-2-8-23-9-6-22/h3-6,13-15H,2,7-12H2,1H3,(H,32,35);3-4,11-12H,2,5-10,19H2,1H3. The molecule has 0 unspecified atom stereocenters. The van der Waals surface area contributed by atoms with Crippen molar-refractivity contribution in [1.29, 1.82) is 0 Å². The third-order valence-electron chi connectivity index (χ3n) is 10.0. The summed E-state index contributed by atoms with van der Waals surface area (Å²) >= 11 is 7.04. The average molecular weight is 981 g/mol. The second-order valence-electron chi connectivity index (χ2n) is 14.4. The predicted octanol–water partition coefficient (Wildman–Crippen LogP) is 7.89. The Labute approximate surface area is 368 Å². The summed E-state index contributed by atoms with van der Waals surface area (Å²) in [5.41, 5.74) is 8.61. The molecule has 2 saturated heterocycles. The van der Waals surface area contributed by atoms with Crippen LogP contribution < -0.4 is 20.5 Å². The Hall–Kier alpha value is -4.53. The number of hydrogen-bond acceptors (Lipinski definition) is 10. The quantitative estimate of drug-likeness (QED) is 0.0940. The molecule has 5 aromatic rings. The monoisotopic (exact) mass is 978 g/mol. The summed E-state index contributed by atoms with van der Waals surface area (Å²) in [6.07, 6.45) is 0.604. The number of benzene rings is 3. The summed E-state index contributed by atoms with van der Waals surface area (Å²) in [7, 11) is 3.67. The number of nitrogens with zero attached hydrogens (tertiary/aromatic N) is 6. The van der Waals surface area contributed by atoms with E-state index in [-0.39, 0.29) is 5.56 Å². The summed E-state index contributed by atoms with van der Waals surface area (Å²) in [4.78, 5) is 17.3. The number of nitrogens with one attached hydrogen (secondary N) is 1. The van der Waals surface area contributed by atoms with Crippen LogP contribution in [0.3, 0.4) is 0 Å². The van der Waals surface area contributed by atoms with Crippen LogP contribution >= 0.6 is 31.9 Å². The van der Waals surface area contributed by atoms with E-state index in [1.54, 1.807) is 42.3 Å². The Morgan fingerprint density at radius 3 is 1.82 bits per heavy atom. The maximum absolute atomic E-state index is 14.0. The number of aromatic nitrogens is 4. The molecule has 1 amide bonds. The molecule has 7 rings (SSSR count). The predicted molar refractivity (Wildman–Crippen MR) is 231 cm³/mol. The number of amides is 1. The lowest BCUT2D eigenvalue weighted by Crippen LogP contribution is -2.30. The van der Waals surface area contributed by atoms with E-state index in [2.05, 4.69) is 57.2 Å². The van der Waals surface area contributed by atoms with Gasteiger partial charge in [-0.1, -0.05) is 0 Å². The van der Waals surface area contributed by atoms with Crippen molar-refractivity contribution in [3.05, 3.63) is 92.9 Å². The number of alkyl halides is 3. The van der Waals surface area contributed by atoms with Gasteiger partial charge in [0.25, 0.3) is 5.91 Å². The smallest absolute Gasteiger partial charge is 0.419 e. The fourth-order valence-corrected chi connectivity index (χ4v) is 8.03. The lowest BCUT2D eigenvalue weighted by atomic mass is 10.1. The van der Waals surface area contributed by atoms with Gasteiger partial charge in [0.2, 0.25) is 0 Å². The van der Waals surface area contributed by atoms with E-state index < -0.39 is 23.5 Å².